The van der Waals surface area contributed by atoms with Gasteiger partial charge < -0.3 is 4.74 Å². The van der Waals surface area contributed by atoms with E-state index in [1.54, 1.807) is 0 Å². The molecule has 0 spiro atoms. The van der Waals surface area contributed by atoms with Crippen LogP contribution in [0.4, 0.5) is 23.2 Å². The molecular formula is C13H7F4NO3. The maximum atomic E-state index is 13.7. The van der Waals surface area contributed by atoms with Gasteiger partial charge in [-0.25, -0.2) is 4.39 Å². The quantitative estimate of drug-likeness (QED) is 0.482. The van der Waals surface area contributed by atoms with E-state index in [2.05, 4.69) is 4.74 Å². The Morgan fingerprint density at radius 3 is 2.43 bits per heavy atom. The molecule has 0 aliphatic carbocycles. The highest BCUT2D eigenvalue weighted by molar-refractivity contribution is 5.68. The van der Waals surface area contributed by atoms with E-state index in [1.165, 1.54) is 12.1 Å². The molecule has 0 saturated carbocycles. The van der Waals surface area contributed by atoms with Gasteiger partial charge in [0.1, 0.15) is 11.6 Å². The lowest BCUT2D eigenvalue weighted by atomic mass is 10.0. The first-order valence-corrected chi connectivity index (χ1v) is 5.56. The SMILES string of the molecule is O=[N+]([O-])c1ccc(F)c(-c2cccc(OC(F)(F)F)c2)c1. The van der Waals surface area contributed by atoms with E-state index in [1.807, 2.05) is 0 Å². The number of ether oxygens (including phenoxy) is 1. The van der Waals surface area contributed by atoms with Gasteiger partial charge in [0.15, 0.2) is 0 Å². The molecule has 0 saturated heterocycles. The molecule has 21 heavy (non-hydrogen) atoms. The topological polar surface area (TPSA) is 52.4 Å². The molecule has 2 rings (SSSR count). The van der Waals surface area contributed by atoms with Gasteiger partial charge in [-0.2, -0.15) is 0 Å². The minimum atomic E-state index is -4.88. The van der Waals surface area contributed by atoms with Crippen LogP contribution in [0.1, 0.15) is 0 Å². The van der Waals surface area contributed by atoms with Crippen LogP contribution in [-0.4, -0.2) is 11.3 Å². The summed E-state index contributed by atoms with van der Waals surface area (Å²) in [6, 6.07) is 7.35. The van der Waals surface area contributed by atoms with Crippen molar-refractivity contribution in [3.63, 3.8) is 0 Å². The summed E-state index contributed by atoms with van der Waals surface area (Å²) in [6.07, 6.45) is -4.88. The lowest BCUT2D eigenvalue weighted by Gasteiger charge is -2.10. The van der Waals surface area contributed by atoms with Crippen molar-refractivity contribution in [2.75, 3.05) is 0 Å². The van der Waals surface area contributed by atoms with Crippen molar-refractivity contribution in [3.8, 4) is 16.9 Å². The third-order valence-electron chi connectivity index (χ3n) is 2.54. The zero-order valence-corrected chi connectivity index (χ0v) is 10.2. The number of rotatable bonds is 3. The van der Waals surface area contributed by atoms with Crippen LogP contribution in [-0.2, 0) is 0 Å². The number of nitro benzene ring substituents is 1. The summed E-state index contributed by atoms with van der Waals surface area (Å²) in [7, 11) is 0. The first-order valence-electron chi connectivity index (χ1n) is 5.56. The normalized spacial score (nSPS) is 11.2. The Bertz CT molecular complexity index is 685. The van der Waals surface area contributed by atoms with Crippen LogP contribution in [0.5, 0.6) is 5.75 Å². The summed E-state index contributed by atoms with van der Waals surface area (Å²) in [5.41, 5.74) is -0.511. The molecule has 0 amide bonds. The summed E-state index contributed by atoms with van der Waals surface area (Å²) in [6.45, 7) is 0. The van der Waals surface area contributed by atoms with Crippen molar-refractivity contribution < 1.29 is 27.2 Å². The number of nitro groups is 1. The Hall–Kier alpha value is -2.64. The molecule has 0 atom stereocenters. The molecule has 0 N–H and O–H groups in total. The maximum absolute atomic E-state index is 13.7. The fourth-order valence-electron chi connectivity index (χ4n) is 1.71. The monoisotopic (exact) mass is 301 g/mol. The zero-order chi connectivity index (χ0) is 15.6. The number of halogens is 4. The Balaban J connectivity index is 2.45. The van der Waals surface area contributed by atoms with Crippen molar-refractivity contribution in [2.45, 2.75) is 6.36 Å². The average Bonchev–Trinajstić information content (AvgIpc) is 2.37. The number of non-ortho nitro benzene ring substituents is 1. The largest absolute Gasteiger partial charge is 0.573 e. The van der Waals surface area contributed by atoms with Gasteiger partial charge in [-0.15, -0.1) is 13.2 Å². The Morgan fingerprint density at radius 2 is 1.81 bits per heavy atom. The highest BCUT2D eigenvalue weighted by Gasteiger charge is 2.31. The minimum Gasteiger partial charge on any atom is -0.406 e. The van der Waals surface area contributed by atoms with Crippen LogP contribution in [0, 0.1) is 15.9 Å². The maximum Gasteiger partial charge on any atom is 0.573 e. The molecule has 0 bridgehead atoms. The molecule has 2 aromatic rings. The van der Waals surface area contributed by atoms with E-state index in [9.17, 15) is 27.7 Å². The van der Waals surface area contributed by atoms with Crippen LogP contribution in [0.25, 0.3) is 11.1 Å². The van der Waals surface area contributed by atoms with E-state index in [0.717, 1.165) is 30.3 Å². The van der Waals surface area contributed by atoms with E-state index in [0.29, 0.717) is 0 Å². The van der Waals surface area contributed by atoms with Crippen molar-refractivity contribution in [3.05, 3.63) is 58.4 Å². The van der Waals surface area contributed by atoms with Crippen molar-refractivity contribution in [2.24, 2.45) is 0 Å². The first-order chi connectivity index (χ1) is 9.76. The third kappa shape index (κ3) is 3.68. The number of hydrogen-bond acceptors (Lipinski definition) is 3. The van der Waals surface area contributed by atoms with Crippen molar-refractivity contribution in [1.82, 2.24) is 0 Å². The summed E-state index contributed by atoms with van der Waals surface area (Å²) < 4.78 is 53.8. The second kappa shape index (κ2) is 5.39. The lowest BCUT2D eigenvalue weighted by molar-refractivity contribution is -0.384. The smallest absolute Gasteiger partial charge is 0.406 e. The minimum absolute atomic E-state index is 0.0398. The van der Waals surface area contributed by atoms with Gasteiger partial charge >= 0.3 is 6.36 Å². The lowest BCUT2D eigenvalue weighted by Crippen LogP contribution is -2.17. The van der Waals surface area contributed by atoms with E-state index < -0.39 is 22.9 Å². The molecular weight excluding hydrogens is 294 g/mol. The number of hydrogen-bond donors (Lipinski definition) is 0. The van der Waals surface area contributed by atoms with Gasteiger partial charge in [0, 0.05) is 17.7 Å². The zero-order valence-electron chi connectivity index (χ0n) is 10.2. The molecule has 0 aliphatic rings. The molecule has 8 heteroatoms. The van der Waals surface area contributed by atoms with E-state index >= 15 is 0 Å². The standard InChI is InChI=1S/C13H7F4NO3/c14-12-5-4-9(18(19)20)7-11(12)8-2-1-3-10(6-8)21-13(15,16)17/h1-7H. The Labute approximate surface area is 115 Å². The average molecular weight is 301 g/mol. The second-order valence-corrected chi connectivity index (χ2v) is 4.00. The van der Waals surface area contributed by atoms with Gasteiger partial charge in [0.05, 0.1) is 4.92 Å². The molecule has 4 nitrogen and oxygen atoms in total. The Morgan fingerprint density at radius 1 is 1.10 bits per heavy atom. The Kier molecular flexibility index (Phi) is 3.79. The van der Waals surface area contributed by atoms with Crippen LogP contribution >= 0.6 is 0 Å². The number of alkyl halides is 3. The molecule has 110 valence electrons. The summed E-state index contributed by atoms with van der Waals surface area (Å²) in [4.78, 5) is 9.94. The molecule has 0 aliphatic heterocycles. The molecule has 0 heterocycles. The van der Waals surface area contributed by atoms with Crippen molar-refractivity contribution in [1.29, 1.82) is 0 Å². The number of nitrogens with zero attached hydrogens (tertiary/aromatic N) is 1. The predicted molar refractivity (Wildman–Crippen MR) is 65.2 cm³/mol. The fraction of sp³-hybridized carbons (Fsp3) is 0.0769. The van der Waals surface area contributed by atoms with Crippen LogP contribution in [0.2, 0.25) is 0 Å². The van der Waals surface area contributed by atoms with Gasteiger partial charge in [0.25, 0.3) is 5.69 Å². The summed E-state index contributed by atoms with van der Waals surface area (Å²) >= 11 is 0. The first kappa shape index (κ1) is 14.8. The molecule has 0 unspecified atom stereocenters. The van der Waals surface area contributed by atoms with E-state index in [4.69, 9.17) is 0 Å². The van der Waals surface area contributed by atoms with Crippen molar-refractivity contribution >= 4 is 5.69 Å². The van der Waals surface area contributed by atoms with Gasteiger partial charge in [-0.05, 0) is 23.8 Å². The molecule has 2 aromatic carbocycles. The van der Waals surface area contributed by atoms with Gasteiger partial charge in [-0.1, -0.05) is 12.1 Å². The highest BCUT2D eigenvalue weighted by atomic mass is 19.4. The van der Waals surface area contributed by atoms with Gasteiger partial charge in [-0.3, -0.25) is 10.1 Å². The summed E-state index contributed by atoms with van der Waals surface area (Å²) in [5, 5.41) is 10.7. The highest BCUT2D eigenvalue weighted by Crippen LogP contribution is 2.31. The summed E-state index contributed by atoms with van der Waals surface area (Å²) in [5.74, 6) is -1.32. The molecule has 0 aromatic heterocycles. The van der Waals surface area contributed by atoms with Gasteiger partial charge in [0.2, 0.25) is 0 Å². The predicted octanol–water partition coefficient (Wildman–Crippen LogP) is 4.30. The fourth-order valence-corrected chi connectivity index (χ4v) is 1.71. The number of benzene rings is 2. The van der Waals surface area contributed by atoms with E-state index in [-0.39, 0.29) is 16.8 Å². The van der Waals surface area contributed by atoms with Crippen LogP contribution in [0.3, 0.4) is 0 Å². The molecule has 0 fully saturated rings. The van der Waals surface area contributed by atoms with Crippen LogP contribution < -0.4 is 4.74 Å². The second-order valence-electron chi connectivity index (χ2n) is 4.00. The van der Waals surface area contributed by atoms with Crippen LogP contribution in [0.15, 0.2) is 42.5 Å². The molecule has 0 radical (unpaired) electrons. The third-order valence-corrected chi connectivity index (χ3v) is 2.54.